The highest BCUT2D eigenvalue weighted by molar-refractivity contribution is 7.91. The molecule has 1 aromatic heterocycles. The molecule has 4 nitrogen and oxygen atoms in total. The Morgan fingerprint density at radius 2 is 1.74 bits per heavy atom. The summed E-state index contributed by atoms with van der Waals surface area (Å²) in [6.07, 6.45) is -4.35. The molecule has 0 spiro atoms. The molecule has 0 saturated carbocycles. The Kier molecular flexibility index (Phi) is 5.79. The highest BCUT2D eigenvalue weighted by Gasteiger charge is 2.27. The lowest BCUT2D eigenvalue weighted by atomic mass is 10.1. The third kappa shape index (κ3) is 5.94. The van der Waals surface area contributed by atoms with Crippen molar-refractivity contribution in [3.8, 4) is 0 Å². The van der Waals surface area contributed by atoms with Crippen LogP contribution in [-0.4, -0.2) is 21.2 Å². The minimum atomic E-state index is -4.35. The van der Waals surface area contributed by atoms with Gasteiger partial charge in [0.1, 0.15) is 10.8 Å². The highest BCUT2D eigenvalue weighted by Crippen LogP contribution is 2.17. The second-order valence-electron chi connectivity index (χ2n) is 4.68. The molecule has 0 fully saturated rings. The van der Waals surface area contributed by atoms with Gasteiger partial charge >= 0.3 is 6.18 Å². The first-order valence-electron chi connectivity index (χ1n) is 6.52. The first-order valence-corrected chi connectivity index (χ1v) is 8.88. The molecule has 0 aliphatic rings. The maximum Gasteiger partial charge on any atom is 0.411 e. The molecule has 0 saturated heterocycles. The van der Waals surface area contributed by atoms with Gasteiger partial charge in [-0.3, -0.25) is 0 Å². The Labute approximate surface area is 136 Å². The largest absolute Gasteiger partial charge is 0.411 e. The molecule has 0 atom stereocenters. The lowest BCUT2D eigenvalue weighted by Gasteiger charge is -2.08. The number of rotatable bonds is 7. The van der Waals surface area contributed by atoms with E-state index in [0.717, 1.165) is 11.3 Å². The van der Waals surface area contributed by atoms with Gasteiger partial charge in [0, 0.05) is 6.54 Å². The minimum Gasteiger partial charge on any atom is -0.367 e. The number of sulfonamides is 1. The Balaban J connectivity index is 1.86. The van der Waals surface area contributed by atoms with Gasteiger partial charge in [0.25, 0.3) is 0 Å². The first-order chi connectivity index (χ1) is 10.8. The summed E-state index contributed by atoms with van der Waals surface area (Å²) in [5.41, 5.74) is 1.28. The number of alkyl halides is 3. The highest BCUT2D eigenvalue weighted by atomic mass is 32.2. The van der Waals surface area contributed by atoms with Gasteiger partial charge in [0.15, 0.2) is 0 Å². The van der Waals surface area contributed by atoms with Crippen LogP contribution in [0.3, 0.4) is 0 Å². The molecule has 9 heteroatoms. The predicted molar refractivity (Wildman–Crippen MR) is 80.5 cm³/mol. The number of thiophene rings is 1. The molecule has 0 bridgehead atoms. The van der Waals surface area contributed by atoms with Gasteiger partial charge in [-0.05, 0) is 22.6 Å². The Morgan fingerprint density at radius 1 is 1.09 bits per heavy atom. The molecule has 0 amide bonds. The molecule has 126 valence electrons. The first kappa shape index (κ1) is 17.9. The van der Waals surface area contributed by atoms with E-state index in [9.17, 15) is 21.6 Å². The summed E-state index contributed by atoms with van der Waals surface area (Å²) in [4.78, 5) is 0. The summed E-state index contributed by atoms with van der Waals surface area (Å²) in [5, 5.41) is 1.67. The lowest BCUT2D eigenvalue weighted by Crippen LogP contribution is -2.22. The molecule has 0 aliphatic heterocycles. The predicted octanol–water partition coefficient (Wildman–Crippen LogP) is 3.31. The van der Waals surface area contributed by atoms with E-state index in [1.807, 2.05) is 0 Å². The number of ether oxygens (including phenoxy) is 1. The standard InChI is InChI=1S/C14H14F3NO3S2/c15-14(16,17)10-21-9-12-5-3-11(4-6-12)8-18-23(19,20)13-2-1-7-22-13/h1-7,18H,8-10H2. The molecular formula is C14H14F3NO3S2. The summed E-state index contributed by atoms with van der Waals surface area (Å²) in [5.74, 6) is 0. The molecule has 2 aromatic rings. The van der Waals surface area contributed by atoms with Crippen LogP contribution in [0.2, 0.25) is 0 Å². The van der Waals surface area contributed by atoms with E-state index in [2.05, 4.69) is 9.46 Å². The van der Waals surface area contributed by atoms with Crippen molar-refractivity contribution in [3.05, 3.63) is 52.9 Å². The number of hydrogen-bond acceptors (Lipinski definition) is 4. The fraction of sp³-hybridized carbons (Fsp3) is 0.286. The van der Waals surface area contributed by atoms with Crippen molar-refractivity contribution in [1.82, 2.24) is 4.72 Å². The Morgan fingerprint density at radius 3 is 2.30 bits per heavy atom. The summed E-state index contributed by atoms with van der Waals surface area (Å²) in [7, 11) is -3.54. The third-order valence-electron chi connectivity index (χ3n) is 2.78. The molecular weight excluding hydrogens is 351 g/mol. The van der Waals surface area contributed by atoms with Crippen molar-refractivity contribution in [2.45, 2.75) is 23.5 Å². The van der Waals surface area contributed by atoms with Gasteiger partial charge in [-0.1, -0.05) is 30.3 Å². The van der Waals surface area contributed by atoms with Crippen LogP contribution in [0.5, 0.6) is 0 Å². The summed E-state index contributed by atoms with van der Waals surface area (Å²) in [6.45, 7) is -1.35. The maximum atomic E-state index is 12.0. The zero-order valence-electron chi connectivity index (χ0n) is 11.8. The van der Waals surface area contributed by atoms with Crippen LogP contribution < -0.4 is 4.72 Å². The fourth-order valence-corrected chi connectivity index (χ4v) is 3.76. The Hall–Kier alpha value is -1.42. The van der Waals surface area contributed by atoms with Crippen LogP contribution >= 0.6 is 11.3 Å². The zero-order chi connectivity index (χ0) is 16.9. The average Bonchev–Trinajstić information content (AvgIpc) is 3.00. The van der Waals surface area contributed by atoms with Crippen molar-refractivity contribution in [3.63, 3.8) is 0 Å². The molecule has 23 heavy (non-hydrogen) atoms. The normalized spacial score (nSPS) is 12.5. The van der Waals surface area contributed by atoms with Gasteiger partial charge < -0.3 is 4.74 Å². The monoisotopic (exact) mass is 365 g/mol. The third-order valence-corrected chi connectivity index (χ3v) is 5.58. The van der Waals surface area contributed by atoms with Crippen LogP contribution in [0.15, 0.2) is 46.0 Å². The van der Waals surface area contributed by atoms with E-state index in [1.165, 1.54) is 6.07 Å². The molecule has 0 unspecified atom stereocenters. The van der Waals surface area contributed by atoms with E-state index < -0.39 is 22.8 Å². The minimum absolute atomic E-state index is 0.101. The van der Waals surface area contributed by atoms with Gasteiger partial charge in [0.05, 0.1) is 6.61 Å². The molecule has 0 radical (unpaired) electrons. The van der Waals surface area contributed by atoms with Crippen molar-refractivity contribution in [2.24, 2.45) is 0 Å². The second kappa shape index (κ2) is 7.43. The van der Waals surface area contributed by atoms with E-state index in [4.69, 9.17) is 0 Å². The number of nitrogens with one attached hydrogen (secondary N) is 1. The zero-order valence-corrected chi connectivity index (χ0v) is 13.5. The summed E-state index contributed by atoms with van der Waals surface area (Å²) < 4.78 is 67.0. The average molecular weight is 365 g/mol. The van der Waals surface area contributed by atoms with Crippen LogP contribution in [0.25, 0.3) is 0 Å². The summed E-state index contributed by atoms with van der Waals surface area (Å²) >= 11 is 1.12. The van der Waals surface area contributed by atoms with Gasteiger partial charge in [-0.15, -0.1) is 11.3 Å². The Bertz CT molecular complexity index is 711. The van der Waals surface area contributed by atoms with Crippen molar-refractivity contribution >= 4 is 21.4 Å². The van der Waals surface area contributed by atoms with Crippen molar-refractivity contribution in [1.29, 1.82) is 0 Å². The van der Waals surface area contributed by atoms with E-state index in [-0.39, 0.29) is 17.4 Å². The fourth-order valence-electron chi connectivity index (χ4n) is 1.70. The van der Waals surface area contributed by atoms with Crippen LogP contribution in [0.1, 0.15) is 11.1 Å². The number of hydrogen-bond donors (Lipinski definition) is 1. The van der Waals surface area contributed by atoms with Gasteiger partial charge in [-0.2, -0.15) is 13.2 Å². The smallest absolute Gasteiger partial charge is 0.367 e. The van der Waals surface area contributed by atoms with Crippen LogP contribution in [0, 0.1) is 0 Å². The topological polar surface area (TPSA) is 55.4 Å². The van der Waals surface area contributed by atoms with Crippen LogP contribution in [0.4, 0.5) is 13.2 Å². The molecule has 0 aliphatic carbocycles. The van der Waals surface area contributed by atoms with Gasteiger partial charge in [0.2, 0.25) is 10.0 Å². The van der Waals surface area contributed by atoms with Gasteiger partial charge in [-0.25, -0.2) is 13.1 Å². The molecule has 1 N–H and O–H groups in total. The van der Waals surface area contributed by atoms with Crippen molar-refractivity contribution < 1.29 is 26.3 Å². The quantitative estimate of drug-likeness (QED) is 0.819. The van der Waals surface area contributed by atoms with Crippen molar-refractivity contribution in [2.75, 3.05) is 6.61 Å². The molecule has 1 aromatic carbocycles. The molecule has 2 rings (SSSR count). The number of halogens is 3. The molecule has 1 heterocycles. The number of benzene rings is 1. The van der Waals surface area contributed by atoms with Crippen LogP contribution in [-0.2, 0) is 27.9 Å². The maximum absolute atomic E-state index is 12.0. The SMILES string of the molecule is O=S(=O)(NCc1ccc(COCC(F)(F)F)cc1)c1cccs1. The van der Waals surface area contributed by atoms with E-state index in [1.54, 1.807) is 35.7 Å². The summed E-state index contributed by atoms with van der Waals surface area (Å²) in [6, 6.07) is 9.64. The van der Waals surface area contributed by atoms with E-state index >= 15 is 0 Å². The van der Waals surface area contributed by atoms with E-state index in [0.29, 0.717) is 11.1 Å². The lowest BCUT2D eigenvalue weighted by molar-refractivity contribution is -0.176. The second-order valence-corrected chi connectivity index (χ2v) is 7.62.